The number of pyridine rings is 2. The van der Waals surface area contributed by atoms with Crippen molar-refractivity contribution in [1.29, 1.82) is 0 Å². The molecule has 8 heteroatoms. The van der Waals surface area contributed by atoms with Crippen LogP contribution in [-0.4, -0.2) is 26.7 Å². The first-order chi connectivity index (χ1) is 16.9. The Hall–Kier alpha value is -3.81. The number of fused-ring (bicyclic) bond motifs is 1. The van der Waals surface area contributed by atoms with Crippen LogP contribution in [0.3, 0.4) is 0 Å². The summed E-state index contributed by atoms with van der Waals surface area (Å²) in [5.41, 5.74) is 3.79. The second kappa shape index (κ2) is 9.44. The summed E-state index contributed by atoms with van der Waals surface area (Å²) < 4.78 is 19.0. The molecule has 3 heterocycles. The topological polar surface area (TPSA) is 84.4 Å². The van der Waals surface area contributed by atoms with Crippen LogP contribution in [0.5, 0.6) is 5.75 Å². The molecule has 5 rings (SSSR count). The molecule has 1 fully saturated rings. The summed E-state index contributed by atoms with van der Waals surface area (Å²) in [6.45, 7) is 4.52. The van der Waals surface area contributed by atoms with E-state index in [-0.39, 0.29) is 23.7 Å². The first kappa shape index (κ1) is 23.0. The van der Waals surface area contributed by atoms with Gasteiger partial charge in [-0.2, -0.15) is 0 Å². The van der Waals surface area contributed by atoms with Gasteiger partial charge in [-0.3, -0.25) is 14.6 Å². The molecular formula is C27H27FN4O3. The van der Waals surface area contributed by atoms with E-state index in [1.807, 2.05) is 19.9 Å². The summed E-state index contributed by atoms with van der Waals surface area (Å²) in [7, 11) is 0. The summed E-state index contributed by atoms with van der Waals surface area (Å²) in [6.07, 6.45) is 5.91. The standard InChI is InChI=1S/C27H27FN4O3/c1-16-11-23(30-13-24(16)35-15-19-5-7-20(28)8-6-19)17(2)32-14-22-21(27(32)34)9-10-29-26(22)31-25(33)12-18-3-4-18/h5-11,13,17-18H,3-4,12,14-15H2,1-2H3,(H,29,31,33). The third-order valence-electron chi connectivity index (χ3n) is 6.59. The highest BCUT2D eigenvalue weighted by Gasteiger charge is 2.35. The summed E-state index contributed by atoms with van der Waals surface area (Å²) >= 11 is 0. The second-order valence-corrected chi connectivity index (χ2v) is 9.28. The van der Waals surface area contributed by atoms with E-state index in [0.717, 1.165) is 35.2 Å². The molecule has 2 aromatic heterocycles. The Morgan fingerprint density at radius 1 is 1.23 bits per heavy atom. The van der Waals surface area contributed by atoms with Gasteiger partial charge in [0.25, 0.3) is 5.91 Å². The maximum Gasteiger partial charge on any atom is 0.255 e. The lowest BCUT2D eigenvalue weighted by Crippen LogP contribution is -2.28. The Labute approximate surface area is 203 Å². The number of benzene rings is 1. The van der Waals surface area contributed by atoms with Gasteiger partial charge in [-0.15, -0.1) is 0 Å². The predicted octanol–water partition coefficient (Wildman–Crippen LogP) is 4.96. The average molecular weight is 475 g/mol. The lowest BCUT2D eigenvalue weighted by Gasteiger charge is -2.24. The van der Waals surface area contributed by atoms with Crippen LogP contribution in [0.25, 0.3) is 0 Å². The van der Waals surface area contributed by atoms with Gasteiger partial charge in [-0.1, -0.05) is 12.1 Å². The summed E-state index contributed by atoms with van der Waals surface area (Å²) in [5.74, 6) is 1.12. The Balaban J connectivity index is 1.27. The quantitative estimate of drug-likeness (QED) is 0.499. The van der Waals surface area contributed by atoms with Crippen molar-refractivity contribution in [2.75, 3.05) is 5.32 Å². The molecule has 2 aliphatic rings. The SMILES string of the molecule is Cc1cc(C(C)N2Cc3c(ccnc3NC(=O)CC3CC3)C2=O)ncc1OCc1ccc(F)cc1. The number of carbonyl (C=O) groups is 2. The van der Waals surface area contributed by atoms with E-state index in [2.05, 4.69) is 15.3 Å². The van der Waals surface area contributed by atoms with Crippen molar-refractivity contribution in [3.05, 3.63) is 82.6 Å². The number of carbonyl (C=O) groups excluding carboxylic acids is 2. The van der Waals surface area contributed by atoms with Crippen LogP contribution in [0, 0.1) is 18.7 Å². The van der Waals surface area contributed by atoms with Crippen molar-refractivity contribution >= 4 is 17.6 Å². The van der Waals surface area contributed by atoms with Crippen LogP contribution < -0.4 is 10.1 Å². The maximum absolute atomic E-state index is 13.2. The van der Waals surface area contributed by atoms with Crippen LogP contribution in [0.15, 0.2) is 48.8 Å². The Kier molecular flexibility index (Phi) is 6.19. The highest BCUT2D eigenvalue weighted by molar-refractivity contribution is 6.01. The van der Waals surface area contributed by atoms with Crippen LogP contribution in [0.1, 0.15) is 65.0 Å². The summed E-state index contributed by atoms with van der Waals surface area (Å²) in [4.78, 5) is 36.1. The molecule has 35 heavy (non-hydrogen) atoms. The van der Waals surface area contributed by atoms with Gasteiger partial charge < -0.3 is 15.0 Å². The van der Waals surface area contributed by atoms with Gasteiger partial charge in [-0.05, 0) is 68.0 Å². The zero-order valence-electron chi connectivity index (χ0n) is 19.8. The highest BCUT2D eigenvalue weighted by atomic mass is 19.1. The van der Waals surface area contributed by atoms with E-state index >= 15 is 0 Å². The fourth-order valence-corrected chi connectivity index (χ4v) is 4.28. The molecule has 1 N–H and O–H groups in total. The second-order valence-electron chi connectivity index (χ2n) is 9.28. The van der Waals surface area contributed by atoms with Crippen LogP contribution in [0.2, 0.25) is 0 Å². The van der Waals surface area contributed by atoms with Crippen molar-refractivity contribution in [1.82, 2.24) is 14.9 Å². The van der Waals surface area contributed by atoms with Gasteiger partial charge in [0.05, 0.1) is 24.5 Å². The normalized spacial score (nSPS) is 15.6. The maximum atomic E-state index is 13.2. The van der Waals surface area contributed by atoms with E-state index in [0.29, 0.717) is 42.6 Å². The van der Waals surface area contributed by atoms with Gasteiger partial charge in [0.2, 0.25) is 5.91 Å². The molecule has 1 saturated carbocycles. The van der Waals surface area contributed by atoms with Gasteiger partial charge in [-0.25, -0.2) is 9.37 Å². The summed E-state index contributed by atoms with van der Waals surface area (Å²) in [5, 5.41) is 2.90. The van der Waals surface area contributed by atoms with E-state index in [1.54, 1.807) is 35.5 Å². The number of hydrogen-bond donors (Lipinski definition) is 1. The molecule has 2 amide bonds. The molecule has 7 nitrogen and oxygen atoms in total. The lowest BCUT2D eigenvalue weighted by molar-refractivity contribution is -0.116. The first-order valence-electron chi connectivity index (χ1n) is 11.8. The molecule has 0 saturated heterocycles. The molecular weight excluding hydrogens is 447 g/mol. The third-order valence-corrected chi connectivity index (χ3v) is 6.59. The van der Waals surface area contributed by atoms with Gasteiger partial charge in [0.1, 0.15) is 24.0 Å². The number of rotatable bonds is 8. The predicted molar refractivity (Wildman–Crippen MR) is 128 cm³/mol. The Bertz CT molecular complexity index is 1270. The smallest absolute Gasteiger partial charge is 0.255 e. The number of aromatic nitrogens is 2. The van der Waals surface area contributed by atoms with E-state index in [1.165, 1.54) is 12.1 Å². The number of nitrogens with one attached hydrogen (secondary N) is 1. The number of anilines is 1. The molecule has 1 unspecified atom stereocenters. The van der Waals surface area contributed by atoms with Gasteiger partial charge in [0, 0.05) is 23.7 Å². The Morgan fingerprint density at radius 2 is 2.00 bits per heavy atom. The zero-order valence-corrected chi connectivity index (χ0v) is 19.8. The summed E-state index contributed by atoms with van der Waals surface area (Å²) in [6, 6.07) is 9.50. The molecule has 180 valence electrons. The van der Waals surface area contributed by atoms with Crippen molar-refractivity contribution in [2.24, 2.45) is 5.92 Å². The lowest BCUT2D eigenvalue weighted by atomic mass is 10.1. The molecule has 0 radical (unpaired) electrons. The third kappa shape index (κ3) is 5.01. The minimum atomic E-state index is -0.285. The Morgan fingerprint density at radius 3 is 2.71 bits per heavy atom. The minimum Gasteiger partial charge on any atom is -0.487 e. The highest BCUT2D eigenvalue weighted by Crippen LogP contribution is 2.36. The number of nitrogens with zero attached hydrogens (tertiary/aromatic N) is 3. The minimum absolute atomic E-state index is 0.0548. The largest absolute Gasteiger partial charge is 0.487 e. The number of hydrogen-bond acceptors (Lipinski definition) is 5. The monoisotopic (exact) mass is 474 g/mol. The molecule has 1 atom stereocenters. The molecule has 0 bridgehead atoms. The first-order valence-corrected chi connectivity index (χ1v) is 11.8. The van der Waals surface area contributed by atoms with Crippen molar-refractivity contribution in [3.63, 3.8) is 0 Å². The van der Waals surface area contributed by atoms with Crippen molar-refractivity contribution < 1.29 is 18.7 Å². The van der Waals surface area contributed by atoms with E-state index in [9.17, 15) is 14.0 Å². The average Bonchev–Trinajstić information content (AvgIpc) is 3.59. The van der Waals surface area contributed by atoms with E-state index in [4.69, 9.17) is 4.74 Å². The molecule has 1 aliphatic heterocycles. The molecule has 0 spiro atoms. The number of amides is 2. The number of halogens is 1. The van der Waals surface area contributed by atoms with Crippen LogP contribution in [-0.2, 0) is 17.9 Å². The van der Waals surface area contributed by atoms with Crippen molar-refractivity contribution in [3.8, 4) is 5.75 Å². The molecule has 1 aliphatic carbocycles. The molecule has 3 aromatic rings. The van der Waals surface area contributed by atoms with Gasteiger partial charge in [0.15, 0.2) is 0 Å². The van der Waals surface area contributed by atoms with Crippen molar-refractivity contribution in [2.45, 2.75) is 52.3 Å². The fourth-order valence-electron chi connectivity index (χ4n) is 4.28. The zero-order chi connectivity index (χ0) is 24.5. The number of ether oxygens (including phenoxy) is 1. The van der Waals surface area contributed by atoms with Crippen LogP contribution in [0.4, 0.5) is 10.2 Å². The van der Waals surface area contributed by atoms with E-state index < -0.39 is 0 Å². The number of aryl methyl sites for hydroxylation is 1. The molecule has 1 aromatic carbocycles. The fraction of sp³-hybridized carbons (Fsp3) is 0.333. The van der Waals surface area contributed by atoms with Crippen LogP contribution >= 0.6 is 0 Å². The van der Waals surface area contributed by atoms with Gasteiger partial charge >= 0.3 is 0 Å².